The zero-order valence-electron chi connectivity index (χ0n) is 9.48. The molecule has 0 saturated carbocycles. The molecule has 1 amide bonds. The van der Waals surface area contributed by atoms with Gasteiger partial charge in [0, 0.05) is 13.0 Å². The topological polar surface area (TPSA) is 83.5 Å². The number of carbonyl (C=O) groups excluding carboxylic acids is 1. The van der Waals surface area contributed by atoms with Gasteiger partial charge < -0.3 is 10.4 Å². The van der Waals surface area contributed by atoms with Crippen LogP contribution < -0.4 is 5.32 Å². The highest BCUT2D eigenvalue weighted by atomic mass is 32.2. The minimum atomic E-state index is -2.91. The van der Waals surface area contributed by atoms with Crippen LogP contribution in [0.4, 0.5) is 0 Å². The molecule has 1 aliphatic heterocycles. The highest BCUT2D eigenvalue weighted by Gasteiger charge is 2.29. The van der Waals surface area contributed by atoms with E-state index in [4.69, 9.17) is 0 Å². The lowest BCUT2D eigenvalue weighted by atomic mass is 10.1. The molecule has 6 heteroatoms. The standard InChI is InChI=1S/C10H19NO4S/c1-2-9(12)6-11-10(13)5-8-3-4-16(14,15)7-8/h8-9,12H,2-7H2,1H3,(H,11,13). The Labute approximate surface area is 96.1 Å². The summed E-state index contributed by atoms with van der Waals surface area (Å²) >= 11 is 0. The summed E-state index contributed by atoms with van der Waals surface area (Å²) in [6.07, 6.45) is 0.899. The van der Waals surface area contributed by atoms with Gasteiger partial charge in [0.05, 0.1) is 17.6 Å². The fraction of sp³-hybridized carbons (Fsp3) is 0.900. The molecule has 1 aliphatic rings. The summed E-state index contributed by atoms with van der Waals surface area (Å²) < 4.78 is 22.3. The molecule has 0 aromatic carbocycles. The van der Waals surface area contributed by atoms with Gasteiger partial charge in [-0.15, -0.1) is 0 Å². The van der Waals surface area contributed by atoms with Gasteiger partial charge >= 0.3 is 0 Å². The SMILES string of the molecule is CCC(O)CNC(=O)CC1CCS(=O)(=O)C1. The second-order valence-electron chi connectivity index (χ2n) is 4.34. The van der Waals surface area contributed by atoms with E-state index in [-0.39, 0.29) is 36.3 Å². The van der Waals surface area contributed by atoms with Crippen LogP contribution in [0.25, 0.3) is 0 Å². The Morgan fingerprint density at radius 2 is 2.25 bits per heavy atom. The third-order valence-electron chi connectivity index (χ3n) is 2.81. The van der Waals surface area contributed by atoms with Crippen molar-refractivity contribution >= 4 is 15.7 Å². The van der Waals surface area contributed by atoms with Crippen molar-refractivity contribution in [1.29, 1.82) is 0 Å². The van der Waals surface area contributed by atoms with Crippen LogP contribution in [0.15, 0.2) is 0 Å². The predicted octanol–water partition coefficient (Wildman–Crippen LogP) is -0.302. The van der Waals surface area contributed by atoms with E-state index >= 15 is 0 Å². The minimum absolute atomic E-state index is 0.0521. The summed E-state index contributed by atoms with van der Waals surface area (Å²) in [5, 5.41) is 11.8. The molecule has 1 fully saturated rings. The summed E-state index contributed by atoms with van der Waals surface area (Å²) in [5.74, 6) is 0.0950. The van der Waals surface area contributed by atoms with Crippen molar-refractivity contribution in [1.82, 2.24) is 5.32 Å². The van der Waals surface area contributed by atoms with E-state index in [0.717, 1.165) is 0 Å². The van der Waals surface area contributed by atoms with Crippen molar-refractivity contribution in [3.63, 3.8) is 0 Å². The lowest BCUT2D eigenvalue weighted by molar-refractivity contribution is -0.122. The van der Waals surface area contributed by atoms with Gasteiger partial charge in [0.25, 0.3) is 0 Å². The van der Waals surface area contributed by atoms with E-state index in [1.807, 2.05) is 6.92 Å². The Bertz CT molecular complexity index is 339. The van der Waals surface area contributed by atoms with Crippen LogP contribution in [-0.2, 0) is 14.6 Å². The quantitative estimate of drug-likeness (QED) is 0.700. The maximum atomic E-state index is 11.4. The number of rotatable bonds is 5. The number of hydrogen-bond donors (Lipinski definition) is 2. The zero-order chi connectivity index (χ0) is 12.2. The lowest BCUT2D eigenvalue weighted by Crippen LogP contribution is -2.32. The smallest absolute Gasteiger partial charge is 0.220 e. The summed E-state index contributed by atoms with van der Waals surface area (Å²) in [7, 11) is -2.91. The molecule has 0 aromatic rings. The molecular weight excluding hydrogens is 230 g/mol. The molecule has 1 heterocycles. The highest BCUT2D eigenvalue weighted by Crippen LogP contribution is 2.21. The van der Waals surface area contributed by atoms with Crippen molar-refractivity contribution in [2.24, 2.45) is 5.92 Å². The number of carbonyl (C=O) groups is 1. The fourth-order valence-electron chi connectivity index (χ4n) is 1.74. The highest BCUT2D eigenvalue weighted by molar-refractivity contribution is 7.91. The van der Waals surface area contributed by atoms with Crippen molar-refractivity contribution in [2.75, 3.05) is 18.1 Å². The van der Waals surface area contributed by atoms with Crippen molar-refractivity contribution in [3.05, 3.63) is 0 Å². The molecule has 1 rings (SSSR count). The van der Waals surface area contributed by atoms with Gasteiger partial charge in [0.1, 0.15) is 0 Å². The largest absolute Gasteiger partial charge is 0.391 e. The third-order valence-corrected chi connectivity index (χ3v) is 4.64. The van der Waals surface area contributed by atoms with Gasteiger partial charge in [-0.05, 0) is 18.8 Å². The second kappa shape index (κ2) is 5.63. The molecule has 0 aromatic heterocycles. The summed E-state index contributed by atoms with van der Waals surface area (Å²) in [6, 6.07) is 0. The Balaban J connectivity index is 2.25. The first kappa shape index (κ1) is 13.4. The Hall–Kier alpha value is -0.620. The maximum absolute atomic E-state index is 11.4. The number of amides is 1. The first-order valence-electron chi connectivity index (χ1n) is 5.58. The molecule has 94 valence electrons. The second-order valence-corrected chi connectivity index (χ2v) is 6.57. The molecule has 2 atom stereocenters. The molecular formula is C10H19NO4S. The van der Waals surface area contributed by atoms with Gasteiger partial charge in [-0.25, -0.2) is 8.42 Å². The van der Waals surface area contributed by atoms with E-state index < -0.39 is 15.9 Å². The first-order chi connectivity index (χ1) is 7.43. The first-order valence-corrected chi connectivity index (χ1v) is 7.40. The molecule has 0 spiro atoms. The summed E-state index contributed by atoms with van der Waals surface area (Å²) in [4.78, 5) is 11.4. The minimum Gasteiger partial charge on any atom is -0.391 e. The van der Waals surface area contributed by atoms with Crippen LogP contribution in [0.2, 0.25) is 0 Å². The molecule has 0 radical (unpaired) electrons. The normalized spacial score (nSPS) is 25.2. The molecule has 1 saturated heterocycles. The monoisotopic (exact) mass is 249 g/mol. The molecule has 2 unspecified atom stereocenters. The lowest BCUT2D eigenvalue weighted by Gasteiger charge is -2.11. The van der Waals surface area contributed by atoms with Gasteiger partial charge in [0.2, 0.25) is 5.91 Å². The maximum Gasteiger partial charge on any atom is 0.220 e. The molecule has 0 bridgehead atoms. The van der Waals surface area contributed by atoms with Crippen LogP contribution in [-0.4, -0.2) is 43.6 Å². The number of hydrogen-bond acceptors (Lipinski definition) is 4. The average molecular weight is 249 g/mol. The van der Waals surface area contributed by atoms with E-state index in [1.165, 1.54) is 0 Å². The number of aliphatic hydroxyl groups excluding tert-OH is 1. The van der Waals surface area contributed by atoms with Gasteiger partial charge in [-0.1, -0.05) is 6.92 Å². The van der Waals surface area contributed by atoms with E-state index in [0.29, 0.717) is 12.8 Å². The zero-order valence-corrected chi connectivity index (χ0v) is 10.3. The Kier molecular flexibility index (Phi) is 4.73. The molecule has 2 N–H and O–H groups in total. The van der Waals surface area contributed by atoms with E-state index in [9.17, 15) is 18.3 Å². The third kappa shape index (κ3) is 4.49. The number of nitrogens with one attached hydrogen (secondary N) is 1. The average Bonchev–Trinajstić information content (AvgIpc) is 2.54. The van der Waals surface area contributed by atoms with E-state index in [2.05, 4.69) is 5.32 Å². The van der Waals surface area contributed by atoms with Crippen LogP contribution >= 0.6 is 0 Å². The predicted molar refractivity (Wildman–Crippen MR) is 60.7 cm³/mol. The van der Waals surface area contributed by atoms with Crippen LogP contribution in [0.1, 0.15) is 26.2 Å². The van der Waals surface area contributed by atoms with Crippen molar-refractivity contribution < 1.29 is 18.3 Å². The van der Waals surface area contributed by atoms with Crippen molar-refractivity contribution in [3.8, 4) is 0 Å². The van der Waals surface area contributed by atoms with Crippen LogP contribution in [0.3, 0.4) is 0 Å². The summed E-state index contributed by atoms with van der Waals surface area (Å²) in [6.45, 7) is 2.08. The van der Waals surface area contributed by atoms with Crippen molar-refractivity contribution in [2.45, 2.75) is 32.3 Å². The molecule has 5 nitrogen and oxygen atoms in total. The molecule has 16 heavy (non-hydrogen) atoms. The van der Waals surface area contributed by atoms with Gasteiger partial charge in [0.15, 0.2) is 9.84 Å². The molecule has 0 aliphatic carbocycles. The number of aliphatic hydroxyl groups is 1. The van der Waals surface area contributed by atoms with Crippen LogP contribution in [0, 0.1) is 5.92 Å². The Morgan fingerprint density at radius 1 is 1.56 bits per heavy atom. The van der Waals surface area contributed by atoms with Gasteiger partial charge in [-0.2, -0.15) is 0 Å². The van der Waals surface area contributed by atoms with Gasteiger partial charge in [-0.3, -0.25) is 4.79 Å². The fourth-order valence-corrected chi connectivity index (χ4v) is 3.61. The summed E-state index contributed by atoms with van der Waals surface area (Å²) in [5.41, 5.74) is 0. The van der Waals surface area contributed by atoms with E-state index in [1.54, 1.807) is 0 Å². The number of sulfone groups is 1. The Morgan fingerprint density at radius 3 is 2.75 bits per heavy atom. The van der Waals surface area contributed by atoms with Crippen LogP contribution in [0.5, 0.6) is 0 Å².